The molecule has 244 valence electrons. The lowest BCUT2D eigenvalue weighted by Gasteiger charge is -2.34. The van der Waals surface area contributed by atoms with Gasteiger partial charge in [0.2, 0.25) is 0 Å². The summed E-state index contributed by atoms with van der Waals surface area (Å²) in [7, 11) is -6.05. The van der Waals surface area contributed by atoms with E-state index in [1.165, 1.54) is 37.8 Å². The number of hydrogen-bond donors (Lipinski definition) is 2. The van der Waals surface area contributed by atoms with Gasteiger partial charge in [-0.2, -0.15) is 0 Å². The monoisotopic (exact) mass is 640 g/mol. The molecule has 6 nitrogen and oxygen atoms in total. The highest BCUT2D eigenvalue weighted by Gasteiger charge is 2.33. The minimum Gasteiger partial charge on any atom is -0.455 e. The normalized spacial score (nSPS) is 14.6. The molecule has 40 heavy (non-hydrogen) atoms. The Morgan fingerprint density at radius 1 is 0.475 bits per heavy atom. The fourth-order valence-corrected chi connectivity index (χ4v) is 22.8. The largest absolute Gasteiger partial charge is 0.455 e. The first-order chi connectivity index (χ1) is 18.4. The van der Waals surface area contributed by atoms with Gasteiger partial charge in [-0.3, -0.25) is 0 Å². The number of aliphatic hydroxyl groups excluding tert-OH is 2. The molecule has 0 radical (unpaired) electrons. The lowest BCUT2D eigenvalue weighted by atomic mass is 10.3. The highest BCUT2D eigenvalue weighted by atomic mass is 28.4. The average molecular weight is 641 g/mol. The predicted octanol–water partition coefficient (Wildman–Crippen LogP) is 8.78. The Morgan fingerprint density at radius 3 is 1.00 bits per heavy atom. The zero-order valence-corrected chi connectivity index (χ0v) is 33.0. The maximum Gasteiger partial charge on any atom is 0.173 e. The molecule has 0 saturated heterocycles. The summed E-state index contributed by atoms with van der Waals surface area (Å²) < 4.78 is 24.1. The van der Waals surface area contributed by atoms with Gasteiger partial charge in [0.15, 0.2) is 33.3 Å². The van der Waals surface area contributed by atoms with Crippen molar-refractivity contribution in [1.82, 2.24) is 0 Å². The molecule has 2 N–H and O–H groups in total. The summed E-state index contributed by atoms with van der Waals surface area (Å²) >= 11 is 0. The van der Waals surface area contributed by atoms with Crippen LogP contribution in [0.1, 0.15) is 79.1 Å². The fourth-order valence-electron chi connectivity index (χ4n) is 4.78. The number of rotatable bonds is 24. The van der Waals surface area contributed by atoms with Gasteiger partial charge in [-0.1, -0.05) is 53.4 Å². The molecule has 2 unspecified atom stereocenters. The van der Waals surface area contributed by atoms with Gasteiger partial charge in [-0.25, -0.2) is 0 Å². The Labute approximate surface area is 254 Å². The quantitative estimate of drug-likeness (QED) is 0.0811. The third-order valence-electron chi connectivity index (χ3n) is 7.07. The summed E-state index contributed by atoms with van der Waals surface area (Å²) in [6.45, 7) is 29.5. The van der Waals surface area contributed by atoms with Gasteiger partial charge < -0.3 is 27.9 Å². The molecule has 0 saturated carbocycles. The molecule has 0 aromatic heterocycles. The van der Waals surface area contributed by atoms with E-state index in [2.05, 4.69) is 66.2 Å². The van der Waals surface area contributed by atoms with Crippen LogP contribution in [0, 0.1) is 0 Å². The Hall–Kier alpha value is 0.628. The number of unbranched alkanes of at least 4 members (excludes halogenated alkanes) is 2. The van der Waals surface area contributed by atoms with Crippen LogP contribution in [0.15, 0.2) is 0 Å². The number of aliphatic hydroxyl groups is 2. The molecule has 2 atom stereocenters. The van der Waals surface area contributed by atoms with Crippen LogP contribution in [0.2, 0.25) is 76.6 Å². The molecule has 0 aromatic rings. The van der Waals surface area contributed by atoms with Crippen molar-refractivity contribution in [1.29, 1.82) is 0 Å². The third-order valence-corrected chi connectivity index (χ3v) is 22.1. The summed E-state index contributed by atoms with van der Waals surface area (Å²) in [6, 6.07) is 4.85. The number of ether oxygens (including phenoxy) is 2. The van der Waals surface area contributed by atoms with Gasteiger partial charge >= 0.3 is 0 Å². The first-order valence-electron chi connectivity index (χ1n) is 16.4. The molecule has 0 rings (SSSR count). The zero-order valence-electron chi connectivity index (χ0n) is 29.0. The van der Waals surface area contributed by atoms with Crippen LogP contribution in [0.4, 0.5) is 0 Å². The van der Waals surface area contributed by atoms with Gasteiger partial charge in [-0.05, 0) is 102 Å². The van der Waals surface area contributed by atoms with Crippen LogP contribution in [0.3, 0.4) is 0 Å². The summed E-state index contributed by atoms with van der Waals surface area (Å²) in [4.78, 5) is 0. The summed E-state index contributed by atoms with van der Waals surface area (Å²) in [5, 5.41) is 19.0. The fraction of sp³-hybridized carbons (Fsp3) is 1.00. The molecule has 0 amide bonds. The van der Waals surface area contributed by atoms with E-state index in [1.54, 1.807) is 0 Å². The second kappa shape index (κ2) is 23.1. The van der Waals surface area contributed by atoms with Gasteiger partial charge in [-0.15, -0.1) is 0 Å². The number of hydrogen-bond acceptors (Lipinski definition) is 6. The molecule has 0 aliphatic heterocycles. The summed E-state index contributed by atoms with van der Waals surface area (Å²) in [6.07, 6.45) is 8.09. The SMILES string of the molecule is CCC(O)COCCC[Si](C)(C)O[Si](C)(C)CCCOCC(O)CC.CCCC[Si](C)(C)O[Si](C)(C)CCCC. The molecular weight excluding hydrogens is 569 g/mol. The van der Waals surface area contributed by atoms with E-state index in [4.69, 9.17) is 17.7 Å². The van der Waals surface area contributed by atoms with Crippen molar-refractivity contribution >= 4 is 33.3 Å². The van der Waals surface area contributed by atoms with E-state index < -0.39 is 33.3 Å². The van der Waals surface area contributed by atoms with Crippen LogP contribution in [-0.4, -0.2) is 82.1 Å². The first-order valence-corrected chi connectivity index (χ1v) is 28.8. The predicted molar refractivity (Wildman–Crippen MR) is 185 cm³/mol. The van der Waals surface area contributed by atoms with E-state index >= 15 is 0 Å². The molecule has 0 bridgehead atoms. The topological polar surface area (TPSA) is 77.4 Å². The molecule has 0 spiro atoms. The maximum atomic E-state index is 9.48. The Bertz CT molecular complexity index is 543. The average Bonchev–Trinajstić information content (AvgIpc) is 2.84. The van der Waals surface area contributed by atoms with Crippen molar-refractivity contribution in [3.8, 4) is 0 Å². The third kappa shape index (κ3) is 27.5. The molecule has 10 heteroatoms. The zero-order chi connectivity index (χ0) is 31.3. The van der Waals surface area contributed by atoms with Crippen LogP contribution in [0.5, 0.6) is 0 Å². The molecule has 0 aliphatic carbocycles. The van der Waals surface area contributed by atoms with Crippen molar-refractivity contribution < 1.29 is 27.9 Å². The molecule has 0 heterocycles. The minimum absolute atomic E-state index is 0.339. The van der Waals surface area contributed by atoms with E-state index in [0.717, 1.165) is 37.8 Å². The second-order valence-electron chi connectivity index (χ2n) is 13.9. The van der Waals surface area contributed by atoms with Gasteiger partial charge in [0, 0.05) is 13.2 Å². The summed E-state index contributed by atoms with van der Waals surface area (Å²) in [5.41, 5.74) is 0. The standard InChI is InChI=1S/C18H42O5Si2.C12H30OSi2/c1-7-17(19)15-21-11-9-13-24(3,4)23-25(5,6)14-10-12-22-16-18(20)8-2;1-7-9-11-14(3,4)13-15(5,6)12-10-8-2/h17-20H,7-16H2,1-6H3;7-12H2,1-6H3. The van der Waals surface area contributed by atoms with Crippen LogP contribution >= 0.6 is 0 Å². The maximum absolute atomic E-state index is 9.48. The minimum atomic E-state index is -1.68. The lowest BCUT2D eigenvalue weighted by molar-refractivity contribution is 0.0350. The van der Waals surface area contributed by atoms with Crippen LogP contribution in [0.25, 0.3) is 0 Å². The highest BCUT2D eigenvalue weighted by molar-refractivity contribution is 6.85. The van der Waals surface area contributed by atoms with Gasteiger partial charge in [0.05, 0.1) is 25.4 Å². The molecule has 0 aromatic carbocycles. The van der Waals surface area contributed by atoms with Crippen molar-refractivity contribution in [3.05, 3.63) is 0 Å². The van der Waals surface area contributed by atoms with E-state index in [-0.39, 0.29) is 12.2 Å². The van der Waals surface area contributed by atoms with Gasteiger partial charge in [0.1, 0.15) is 0 Å². The second-order valence-corrected chi connectivity index (χ2v) is 31.6. The van der Waals surface area contributed by atoms with Crippen molar-refractivity contribution in [3.63, 3.8) is 0 Å². The Balaban J connectivity index is 0. The van der Waals surface area contributed by atoms with E-state index in [1.807, 2.05) is 13.8 Å². The first kappa shape index (κ1) is 42.8. The van der Waals surface area contributed by atoms with Gasteiger partial charge in [0.25, 0.3) is 0 Å². The van der Waals surface area contributed by atoms with Crippen LogP contribution in [-0.2, 0) is 17.7 Å². The van der Waals surface area contributed by atoms with E-state index in [0.29, 0.717) is 26.4 Å². The Morgan fingerprint density at radius 2 is 0.750 bits per heavy atom. The van der Waals surface area contributed by atoms with Crippen molar-refractivity contribution in [2.24, 2.45) is 0 Å². The van der Waals surface area contributed by atoms with Crippen molar-refractivity contribution in [2.45, 2.75) is 168 Å². The molecule has 0 aliphatic rings. The van der Waals surface area contributed by atoms with Crippen molar-refractivity contribution in [2.75, 3.05) is 26.4 Å². The Kier molecular flexibility index (Phi) is 24.7. The lowest BCUT2D eigenvalue weighted by Crippen LogP contribution is -2.44. The van der Waals surface area contributed by atoms with Crippen LogP contribution < -0.4 is 0 Å². The summed E-state index contributed by atoms with van der Waals surface area (Å²) in [5.74, 6) is 0. The molecular formula is C30H72O6Si4. The smallest absolute Gasteiger partial charge is 0.173 e. The van der Waals surface area contributed by atoms with E-state index in [9.17, 15) is 10.2 Å². The highest BCUT2D eigenvalue weighted by Crippen LogP contribution is 2.25. The molecule has 0 fully saturated rings.